The predicted octanol–water partition coefficient (Wildman–Crippen LogP) is 2.95. The van der Waals surface area contributed by atoms with Crippen LogP contribution in [0.25, 0.3) is 0 Å². The summed E-state index contributed by atoms with van der Waals surface area (Å²) in [6.07, 6.45) is 0. The van der Waals surface area contributed by atoms with Gasteiger partial charge in [-0.1, -0.05) is 18.3 Å². The molecule has 0 unspecified atom stereocenters. The van der Waals surface area contributed by atoms with Crippen LogP contribution in [0, 0.1) is 0 Å². The monoisotopic (exact) mass is 330 g/mol. The minimum Gasteiger partial charge on any atom is -0.496 e. The maximum absolute atomic E-state index is 5.62. The summed E-state index contributed by atoms with van der Waals surface area (Å²) in [5.74, 6) is 0.837. The van der Waals surface area contributed by atoms with Crippen LogP contribution in [0.2, 0.25) is 0 Å². The van der Waals surface area contributed by atoms with Gasteiger partial charge >= 0.3 is 0 Å². The lowest BCUT2D eigenvalue weighted by Gasteiger charge is -2.26. The molecule has 0 aliphatic carbocycles. The van der Waals surface area contributed by atoms with E-state index >= 15 is 0 Å². The summed E-state index contributed by atoms with van der Waals surface area (Å²) in [4.78, 5) is 2.76. The van der Waals surface area contributed by atoms with E-state index in [0.29, 0.717) is 17.6 Å². The van der Waals surface area contributed by atoms with Crippen molar-refractivity contribution in [2.45, 2.75) is 26.4 Å². The molecule has 0 aliphatic rings. The van der Waals surface area contributed by atoms with Crippen LogP contribution in [0.5, 0.6) is 5.75 Å². The number of hydrogen-bond donors (Lipinski definition) is 1. The predicted molar refractivity (Wildman–Crippen MR) is 83.0 cm³/mol. The topological polar surface area (TPSA) is 38.5 Å². The molecule has 5 heteroatoms. The van der Waals surface area contributed by atoms with E-state index in [9.17, 15) is 0 Å². The molecule has 3 nitrogen and oxygen atoms in total. The van der Waals surface area contributed by atoms with Crippen LogP contribution in [0.4, 0.5) is 0 Å². The Bertz CT molecular complexity index is 423. The van der Waals surface area contributed by atoms with Gasteiger partial charge in [-0.05, 0) is 47.5 Å². The maximum Gasteiger partial charge on any atom is 0.133 e. The van der Waals surface area contributed by atoms with Gasteiger partial charge in [0, 0.05) is 19.1 Å². The molecule has 0 bridgehead atoms. The Morgan fingerprint density at radius 3 is 2.61 bits per heavy atom. The number of rotatable bonds is 6. The smallest absolute Gasteiger partial charge is 0.133 e. The van der Waals surface area contributed by atoms with Gasteiger partial charge in [0.05, 0.1) is 16.6 Å². The Labute approximate surface area is 122 Å². The molecular weight excluding hydrogens is 312 g/mol. The largest absolute Gasteiger partial charge is 0.496 e. The van der Waals surface area contributed by atoms with Crippen molar-refractivity contribution in [3.63, 3.8) is 0 Å². The molecule has 1 aromatic rings. The molecule has 0 aliphatic heterocycles. The first-order valence-electron chi connectivity index (χ1n) is 5.78. The Kier molecular flexibility index (Phi) is 6.05. The second-order valence-corrected chi connectivity index (χ2v) is 5.81. The van der Waals surface area contributed by atoms with Gasteiger partial charge in [0.25, 0.3) is 0 Å². The summed E-state index contributed by atoms with van der Waals surface area (Å²) in [6, 6.07) is 6.47. The van der Waals surface area contributed by atoms with Crippen molar-refractivity contribution in [3.8, 4) is 5.75 Å². The third kappa shape index (κ3) is 4.55. The standard InChI is InChI=1S/C13H19BrN2OS/c1-9(2)16(8-13(15)18)7-10-4-5-12(17-3)11(14)6-10/h4-6,9H,7-8H2,1-3H3,(H2,15,18). The zero-order chi connectivity index (χ0) is 13.7. The van der Waals surface area contributed by atoms with Gasteiger partial charge in [-0.15, -0.1) is 0 Å². The van der Waals surface area contributed by atoms with Gasteiger partial charge in [0.15, 0.2) is 0 Å². The van der Waals surface area contributed by atoms with Crippen LogP contribution in [-0.2, 0) is 6.54 Å². The van der Waals surface area contributed by atoms with E-state index < -0.39 is 0 Å². The normalized spacial score (nSPS) is 11.0. The minimum atomic E-state index is 0.396. The number of halogens is 1. The lowest BCUT2D eigenvalue weighted by molar-refractivity contribution is 0.245. The second kappa shape index (κ2) is 7.07. The highest BCUT2D eigenvalue weighted by molar-refractivity contribution is 9.10. The molecule has 0 heterocycles. The van der Waals surface area contributed by atoms with Crippen LogP contribution in [0.3, 0.4) is 0 Å². The molecule has 1 aromatic carbocycles. The average Bonchev–Trinajstić information content (AvgIpc) is 2.27. The molecule has 0 radical (unpaired) electrons. The first-order valence-corrected chi connectivity index (χ1v) is 6.99. The van der Waals surface area contributed by atoms with E-state index in [1.165, 1.54) is 5.56 Å². The number of nitrogens with two attached hydrogens (primary N) is 1. The molecule has 0 spiro atoms. The molecule has 0 aromatic heterocycles. The quantitative estimate of drug-likeness (QED) is 0.814. The average molecular weight is 331 g/mol. The van der Waals surface area contributed by atoms with E-state index in [0.717, 1.165) is 16.8 Å². The lowest BCUT2D eigenvalue weighted by atomic mass is 10.2. The number of hydrogen-bond acceptors (Lipinski definition) is 3. The maximum atomic E-state index is 5.62. The van der Waals surface area contributed by atoms with E-state index in [1.54, 1.807) is 7.11 Å². The minimum absolute atomic E-state index is 0.396. The summed E-state index contributed by atoms with van der Waals surface area (Å²) in [5, 5.41) is 0. The third-order valence-corrected chi connectivity index (χ3v) is 3.44. The second-order valence-electron chi connectivity index (χ2n) is 4.43. The van der Waals surface area contributed by atoms with Gasteiger partial charge < -0.3 is 10.5 Å². The van der Waals surface area contributed by atoms with Gasteiger partial charge in [-0.2, -0.15) is 0 Å². The van der Waals surface area contributed by atoms with Crippen molar-refractivity contribution in [2.75, 3.05) is 13.7 Å². The van der Waals surface area contributed by atoms with Crippen molar-refractivity contribution in [1.82, 2.24) is 4.90 Å². The SMILES string of the molecule is COc1ccc(CN(CC(N)=S)C(C)C)cc1Br. The molecule has 18 heavy (non-hydrogen) atoms. The number of ether oxygens (including phenoxy) is 1. The fourth-order valence-electron chi connectivity index (χ4n) is 1.66. The summed E-state index contributed by atoms with van der Waals surface area (Å²) in [5.41, 5.74) is 6.82. The Morgan fingerprint density at radius 2 is 2.17 bits per heavy atom. The highest BCUT2D eigenvalue weighted by Crippen LogP contribution is 2.26. The molecule has 1 rings (SSSR count). The first kappa shape index (κ1) is 15.4. The highest BCUT2D eigenvalue weighted by Gasteiger charge is 2.12. The fourth-order valence-corrected chi connectivity index (χ4v) is 2.42. The molecule has 0 fully saturated rings. The van der Waals surface area contributed by atoms with Crippen LogP contribution in [0.1, 0.15) is 19.4 Å². The Balaban J connectivity index is 2.80. The molecule has 0 atom stereocenters. The third-order valence-electron chi connectivity index (χ3n) is 2.69. The van der Waals surface area contributed by atoms with E-state index in [-0.39, 0.29) is 0 Å². The van der Waals surface area contributed by atoms with Gasteiger partial charge in [0.1, 0.15) is 5.75 Å². The zero-order valence-electron chi connectivity index (χ0n) is 10.9. The number of methoxy groups -OCH3 is 1. The van der Waals surface area contributed by atoms with Gasteiger partial charge in [0.2, 0.25) is 0 Å². The summed E-state index contributed by atoms with van der Waals surface area (Å²) in [6.45, 7) is 5.72. The molecule has 100 valence electrons. The van der Waals surface area contributed by atoms with E-state index in [1.807, 2.05) is 6.07 Å². The fraction of sp³-hybridized carbons (Fsp3) is 0.462. The molecule has 0 amide bonds. The van der Waals surface area contributed by atoms with Crippen LogP contribution in [0.15, 0.2) is 22.7 Å². The van der Waals surface area contributed by atoms with Crippen molar-refractivity contribution < 1.29 is 4.74 Å². The van der Waals surface area contributed by atoms with Gasteiger partial charge in [-0.3, -0.25) is 4.90 Å². The lowest BCUT2D eigenvalue weighted by Crippen LogP contribution is -2.37. The van der Waals surface area contributed by atoms with Crippen molar-refractivity contribution in [3.05, 3.63) is 28.2 Å². The van der Waals surface area contributed by atoms with Crippen molar-refractivity contribution in [1.29, 1.82) is 0 Å². The van der Waals surface area contributed by atoms with Crippen LogP contribution >= 0.6 is 28.1 Å². The Hall–Kier alpha value is -0.650. The number of nitrogens with zero attached hydrogens (tertiary/aromatic N) is 1. The van der Waals surface area contributed by atoms with Gasteiger partial charge in [-0.25, -0.2) is 0 Å². The summed E-state index contributed by atoms with van der Waals surface area (Å²) < 4.78 is 6.18. The highest BCUT2D eigenvalue weighted by atomic mass is 79.9. The van der Waals surface area contributed by atoms with E-state index in [2.05, 4.69) is 46.8 Å². The van der Waals surface area contributed by atoms with Crippen LogP contribution in [-0.4, -0.2) is 29.6 Å². The van der Waals surface area contributed by atoms with Crippen molar-refractivity contribution >= 4 is 33.1 Å². The van der Waals surface area contributed by atoms with E-state index in [4.69, 9.17) is 22.7 Å². The number of benzene rings is 1. The molecule has 2 N–H and O–H groups in total. The number of thiocarbonyl (C=S) groups is 1. The molecule has 0 saturated heterocycles. The summed E-state index contributed by atoms with van der Waals surface area (Å²) >= 11 is 8.47. The summed E-state index contributed by atoms with van der Waals surface area (Å²) in [7, 11) is 1.66. The van der Waals surface area contributed by atoms with Crippen LogP contribution < -0.4 is 10.5 Å². The zero-order valence-corrected chi connectivity index (χ0v) is 13.3. The molecular formula is C13H19BrN2OS. The van der Waals surface area contributed by atoms with Crippen molar-refractivity contribution in [2.24, 2.45) is 5.73 Å². The Morgan fingerprint density at radius 1 is 1.50 bits per heavy atom. The first-order chi connectivity index (χ1) is 8.43. The molecule has 0 saturated carbocycles.